The molecule has 0 fully saturated rings. The Bertz CT molecular complexity index is 617. The summed E-state index contributed by atoms with van der Waals surface area (Å²) in [6.45, 7) is 0. The smallest absolute Gasteiger partial charge is 0.339 e. The van der Waals surface area contributed by atoms with E-state index in [2.05, 4.69) is 36.6 Å². The Kier molecular flexibility index (Phi) is 4.09. The highest BCUT2D eigenvalue weighted by Crippen LogP contribution is 2.36. The van der Waals surface area contributed by atoms with Gasteiger partial charge in [-0.25, -0.2) is 10.8 Å². The largest absolute Gasteiger partial charge is 0.417 e. The van der Waals surface area contributed by atoms with E-state index in [0.29, 0.717) is 5.82 Å². The molecule has 0 radical (unpaired) electrons. The fourth-order valence-corrected chi connectivity index (χ4v) is 1.94. The van der Waals surface area contributed by atoms with Crippen molar-refractivity contribution in [3.63, 3.8) is 0 Å². The standard InChI is InChI=1S/C11H9BrF3N5/c12-8-2-1-6(3-7(8)11(13,14)15)18-9-4-17-5-10(19-9)20-16/h1-5H,16H2,(H2,18,19,20). The van der Waals surface area contributed by atoms with Crippen molar-refractivity contribution in [1.29, 1.82) is 0 Å². The van der Waals surface area contributed by atoms with Crippen LogP contribution < -0.4 is 16.6 Å². The van der Waals surface area contributed by atoms with Crippen LogP contribution >= 0.6 is 15.9 Å². The topological polar surface area (TPSA) is 75.9 Å². The molecular formula is C11H9BrF3N5. The van der Waals surface area contributed by atoms with Crippen LogP contribution in [-0.4, -0.2) is 9.97 Å². The summed E-state index contributed by atoms with van der Waals surface area (Å²) in [5.74, 6) is 5.75. The molecule has 0 aliphatic carbocycles. The van der Waals surface area contributed by atoms with Crippen molar-refractivity contribution < 1.29 is 13.2 Å². The zero-order valence-corrected chi connectivity index (χ0v) is 11.5. The summed E-state index contributed by atoms with van der Waals surface area (Å²) < 4.78 is 38.3. The molecule has 0 saturated carbocycles. The van der Waals surface area contributed by atoms with Crippen molar-refractivity contribution in [1.82, 2.24) is 9.97 Å². The third kappa shape index (κ3) is 3.36. The number of hydrogen-bond donors (Lipinski definition) is 3. The molecule has 1 aromatic carbocycles. The zero-order valence-electron chi connectivity index (χ0n) is 9.87. The van der Waals surface area contributed by atoms with E-state index in [1.807, 2.05) is 0 Å². The van der Waals surface area contributed by atoms with Crippen molar-refractivity contribution >= 4 is 33.3 Å². The van der Waals surface area contributed by atoms with Gasteiger partial charge in [0.15, 0.2) is 11.6 Å². The van der Waals surface area contributed by atoms with E-state index >= 15 is 0 Å². The lowest BCUT2D eigenvalue weighted by molar-refractivity contribution is -0.138. The summed E-state index contributed by atoms with van der Waals surface area (Å²) in [6.07, 6.45) is -1.69. The number of nitrogen functional groups attached to an aromatic ring is 1. The summed E-state index contributed by atoms with van der Waals surface area (Å²) in [7, 11) is 0. The van der Waals surface area contributed by atoms with Crippen molar-refractivity contribution in [2.24, 2.45) is 5.84 Å². The molecule has 1 heterocycles. The highest BCUT2D eigenvalue weighted by molar-refractivity contribution is 9.10. The number of hydrazine groups is 1. The van der Waals surface area contributed by atoms with Gasteiger partial charge in [0.2, 0.25) is 0 Å². The molecule has 9 heteroatoms. The van der Waals surface area contributed by atoms with Gasteiger partial charge in [0.05, 0.1) is 18.0 Å². The third-order valence-electron chi connectivity index (χ3n) is 2.33. The molecule has 106 valence electrons. The van der Waals surface area contributed by atoms with E-state index in [9.17, 15) is 13.2 Å². The Balaban J connectivity index is 2.30. The number of hydrogen-bond acceptors (Lipinski definition) is 5. The van der Waals surface area contributed by atoms with Crippen LogP contribution in [0.5, 0.6) is 0 Å². The summed E-state index contributed by atoms with van der Waals surface area (Å²) in [5, 5.41) is 2.73. The van der Waals surface area contributed by atoms with Crippen molar-refractivity contribution in [2.45, 2.75) is 6.18 Å². The maximum atomic E-state index is 12.8. The first kappa shape index (κ1) is 14.5. The quantitative estimate of drug-likeness (QED) is 0.586. The van der Waals surface area contributed by atoms with Gasteiger partial charge in [0.1, 0.15) is 0 Å². The number of alkyl halides is 3. The molecular weight excluding hydrogens is 339 g/mol. The van der Waals surface area contributed by atoms with Crippen LogP contribution in [0.4, 0.5) is 30.5 Å². The number of rotatable bonds is 3. The number of benzene rings is 1. The Labute approximate surface area is 120 Å². The van der Waals surface area contributed by atoms with Crippen LogP contribution in [0, 0.1) is 0 Å². The minimum Gasteiger partial charge on any atom is -0.339 e. The van der Waals surface area contributed by atoms with E-state index in [4.69, 9.17) is 5.84 Å². The number of halogens is 4. The molecule has 20 heavy (non-hydrogen) atoms. The average Bonchev–Trinajstić information content (AvgIpc) is 2.40. The monoisotopic (exact) mass is 347 g/mol. The molecule has 5 nitrogen and oxygen atoms in total. The van der Waals surface area contributed by atoms with Crippen molar-refractivity contribution in [2.75, 3.05) is 10.7 Å². The second-order valence-corrected chi connectivity index (χ2v) is 4.61. The molecule has 0 amide bonds. The van der Waals surface area contributed by atoms with Gasteiger partial charge >= 0.3 is 6.18 Å². The summed E-state index contributed by atoms with van der Waals surface area (Å²) in [6, 6.07) is 3.78. The fraction of sp³-hybridized carbons (Fsp3) is 0.0909. The van der Waals surface area contributed by atoms with Crippen LogP contribution in [0.2, 0.25) is 0 Å². The van der Waals surface area contributed by atoms with Gasteiger partial charge in [-0.1, -0.05) is 15.9 Å². The molecule has 0 spiro atoms. The van der Waals surface area contributed by atoms with Gasteiger partial charge in [-0.05, 0) is 18.2 Å². The maximum absolute atomic E-state index is 12.8. The lowest BCUT2D eigenvalue weighted by Gasteiger charge is -2.12. The first-order valence-corrected chi connectivity index (χ1v) is 6.12. The number of nitrogens with two attached hydrogens (primary N) is 1. The van der Waals surface area contributed by atoms with Gasteiger partial charge in [0.25, 0.3) is 0 Å². The Morgan fingerprint density at radius 1 is 1.15 bits per heavy atom. The van der Waals surface area contributed by atoms with Gasteiger partial charge in [-0.15, -0.1) is 0 Å². The molecule has 0 saturated heterocycles. The molecule has 0 atom stereocenters. The zero-order chi connectivity index (χ0) is 14.8. The van der Waals surface area contributed by atoms with Crippen LogP contribution in [0.3, 0.4) is 0 Å². The molecule has 0 aliphatic heterocycles. The first-order chi connectivity index (χ1) is 9.40. The second kappa shape index (κ2) is 5.63. The van der Waals surface area contributed by atoms with Gasteiger partial charge < -0.3 is 10.7 Å². The summed E-state index contributed by atoms with van der Waals surface area (Å²) in [5.41, 5.74) is 1.76. The summed E-state index contributed by atoms with van der Waals surface area (Å²) in [4.78, 5) is 7.84. The average molecular weight is 348 g/mol. The Morgan fingerprint density at radius 2 is 1.85 bits per heavy atom. The van der Waals surface area contributed by atoms with Crippen LogP contribution in [-0.2, 0) is 6.18 Å². The van der Waals surface area contributed by atoms with Crippen LogP contribution in [0.25, 0.3) is 0 Å². The van der Waals surface area contributed by atoms with Gasteiger partial charge in [-0.2, -0.15) is 13.2 Å². The van der Waals surface area contributed by atoms with E-state index in [1.165, 1.54) is 24.5 Å². The molecule has 2 aromatic rings. The Hall–Kier alpha value is -1.87. The van der Waals surface area contributed by atoms with E-state index in [-0.39, 0.29) is 16.0 Å². The maximum Gasteiger partial charge on any atom is 0.417 e. The number of aromatic nitrogens is 2. The number of anilines is 3. The highest BCUT2D eigenvalue weighted by atomic mass is 79.9. The molecule has 0 bridgehead atoms. The molecule has 0 unspecified atom stereocenters. The predicted molar refractivity (Wildman–Crippen MR) is 72.3 cm³/mol. The van der Waals surface area contributed by atoms with Crippen LogP contribution in [0.1, 0.15) is 5.56 Å². The molecule has 0 aliphatic rings. The minimum absolute atomic E-state index is 0.0287. The number of nitrogens with one attached hydrogen (secondary N) is 2. The van der Waals surface area contributed by atoms with Crippen molar-refractivity contribution in [3.05, 3.63) is 40.6 Å². The minimum atomic E-state index is -4.44. The lowest BCUT2D eigenvalue weighted by Crippen LogP contribution is -2.10. The van der Waals surface area contributed by atoms with E-state index in [0.717, 1.165) is 6.07 Å². The normalized spacial score (nSPS) is 11.2. The molecule has 1 aromatic heterocycles. The second-order valence-electron chi connectivity index (χ2n) is 3.75. The van der Waals surface area contributed by atoms with Gasteiger partial charge in [-0.3, -0.25) is 4.98 Å². The first-order valence-electron chi connectivity index (χ1n) is 5.32. The lowest BCUT2D eigenvalue weighted by atomic mass is 10.2. The van der Waals surface area contributed by atoms with E-state index in [1.54, 1.807) is 0 Å². The third-order valence-corrected chi connectivity index (χ3v) is 3.02. The SMILES string of the molecule is NNc1cncc(Nc2ccc(Br)c(C(F)(F)F)c2)n1. The van der Waals surface area contributed by atoms with Crippen LogP contribution in [0.15, 0.2) is 35.1 Å². The van der Waals surface area contributed by atoms with Gasteiger partial charge in [0, 0.05) is 10.2 Å². The highest BCUT2D eigenvalue weighted by Gasteiger charge is 2.33. The predicted octanol–water partition coefficient (Wildman–Crippen LogP) is 3.29. The molecule has 4 N–H and O–H groups in total. The van der Waals surface area contributed by atoms with E-state index < -0.39 is 11.7 Å². The number of nitrogens with zero attached hydrogens (tertiary/aromatic N) is 2. The summed E-state index contributed by atoms with van der Waals surface area (Å²) >= 11 is 2.87. The van der Waals surface area contributed by atoms with Crippen molar-refractivity contribution in [3.8, 4) is 0 Å². The fourth-order valence-electron chi connectivity index (χ4n) is 1.46. The molecule has 2 rings (SSSR count). The Morgan fingerprint density at radius 3 is 2.50 bits per heavy atom.